The summed E-state index contributed by atoms with van der Waals surface area (Å²) in [5.74, 6) is 0.152. The fourth-order valence-corrected chi connectivity index (χ4v) is 1.71. The second-order valence-corrected chi connectivity index (χ2v) is 3.78. The molecular weight excluding hydrogens is 200 g/mol. The Morgan fingerprint density at radius 2 is 1.62 bits per heavy atom. The molecule has 82 valence electrons. The largest absolute Gasteiger partial charge is 0.508 e. The molecule has 2 heteroatoms. The third-order valence-corrected chi connectivity index (χ3v) is 2.57. The van der Waals surface area contributed by atoms with Gasteiger partial charge in [0.15, 0.2) is 0 Å². The van der Waals surface area contributed by atoms with Crippen molar-refractivity contribution in [2.75, 3.05) is 0 Å². The van der Waals surface area contributed by atoms with E-state index in [2.05, 4.69) is 12.1 Å². The predicted molar refractivity (Wildman–Crippen MR) is 63.3 cm³/mol. The van der Waals surface area contributed by atoms with Crippen LogP contribution in [0.15, 0.2) is 48.5 Å². The number of aliphatic hydroxyl groups excluding tert-OH is 1. The molecule has 0 fully saturated rings. The van der Waals surface area contributed by atoms with Gasteiger partial charge in [-0.1, -0.05) is 36.4 Å². The van der Waals surface area contributed by atoms with Crippen LogP contribution in [0.3, 0.4) is 0 Å². The first kappa shape index (κ1) is 10.7. The summed E-state index contributed by atoms with van der Waals surface area (Å²) in [6.07, 6.45) is 0.814. The molecular formula is C14H14O2. The molecule has 0 unspecified atom stereocenters. The van der Waals surface area contributed by atoms with E-state index in [0.717, 1.165) is 12.0 Å². The molecule has 0 aliphatic rings. The molecule has 0 spiro atoms. The van der Waals surface area contributed by atoms with E-state index >= 15 is 0 Å². The van der Waals surface area contributed by atoms with E-state index in [-0.39, 0.29) is 12.4 Å². The molecule has 2 aromatic rings. The van der Waals surface area contributed by atoms with Gasteiger partial charge in [0.25, 0.3) is 0 Å². The number of aromatic hydroxyl groups is 1. The maximum Gasteiger partial charge on any atom is 0.121 e. The molecule has 0 radical (unpaired) electrons. The molecule has 2 rings (SSSR count). The van der Waals surface area contributed by atoms with Crippen molar-refractivity contribution >= 4 is 0 Å². The number of hydrogen-bond acceptors (Lipinski definition) is 2. The lowest BCUT2D eigenvalue weighted by molar-refractivity contribution is 0.275. The Hall–Kier alpha value is -1.80. The van der Waals surface area contributed by atoms with Gasteiger partial charge < -0.3 is 10.2 Å². The van der Waals surface area contributed by atoms with Crippen molar-refractivity contribution in [1.82, 2.24) is 0 Å². The van der Waals surface area contributed by atoms with Crippen molar-refractivity contribution < 1.29 is 10.2 Å². The fourth-order valence-electron chi connectivity index (χ4n) is 1.71. The molecule has 0 aromatic heterocycles. The van der Waals surface area contributed by atoms with Gasteiger partial charge in [-0.05, 0) is 29.7 Å². The summed E-state index contributed by atoms with van der Waals surface area (Å²) >= 11 is 0. The van der Waals surface area contributed by atoms with E-state index in [9.17, 15) is 5.11 Å². The van der Waals surface area contributed by atoms with Crippen LogP contribution in [-0.4, -0.2) is 10.2 Å². The number of aliphatic hydroxyl groups is 1. The summed E-state index contributed by atoms with van der Waals surface area (Å²) in [7, 11) is 0. The molecule has 0 bridgehead atoms. The highest BCUT2D eigenvalue weighted by Crippen LogP contribution is 2.20. The van der Waals surface area contributed by atoms with E-state index in [0.29, 0.717) is 5.56 Å². The second-order valence-electron chi connectivity index (χ2n) is 3.78. The van der Waals surface area contributed by atoms with Crippen LogP contribution in [-0.2, 0) is 13.0 Å². The highest BCUT2D eigenvalue weighted by atomic mass is 16.3. The Kier molecular flexibility index (Phi) is 3.22. The van der Waals surface area contributed by atoms with Crippen molar-refractivity contribution in [3.63, 3.8) is 0 Å². The molecule has 0 amide bonds. The summed E-state index contributed by atoms with van der Waals surface area (Å²) in [5, 5.41) is 18.5. The topological polar surface area (TPSA) is 40.5 Å². The minimum Gasteiger partial charge on any atom is -0.508 e. The summed E-state index contributed by atoms with van der Waals surface area (Å²) in [4.78, 5) is 0. The van der Waals surface area contributed by atoms with Crippen LogP contribution in [0.4, 0.5) is 0 Å². The van der Waals surface area contributed by atoms with Crippen molar-refractivity contribution in [2.45, 2.75) is 13.0 Å². The van der Waals surface area contributed by atoms with Gasteiger partial charge in [-0.15, -0.1) is 0 Å². The van der Waals surface area contributed by atoms with Crippen molar-refractivity contribution in [3.05, 3.63) is 65.2 Å². The molecule has 0 aliphatic carbocycles. The van der Waals surface area contributed by atoms with Crippen molar-refractivity contribution in [2.24, 2.45) is 0 Å². The zero-order valence-corrected chi connectivity index (χ0v) is 8.93. The number of phenols is 1. The Balaban J connectivity index is 2.22. The number of rotatable bonds is 3. The Bertz CT molecular complexity index is 463. The number of hydrogen-bond donors (Lipinski definition) is 2. The van der Waals surface area contributed by atoms with E-state index in [1.165, 1.54) is 5.56 Å². The molecule has 16 heavy (non-hydrogen) atoms. The summed E-state index contributed by atoms with van der Waals surface area (Å²) in [5.41, 5.74) is 2.89. The van der Waals surface area contributed by atoms with Gasteiger partial charge in [0, 0.05) is 5.56 Å². The van der Waals surface area contributed by atoms with Crippen LogP contribution in [0.25, 0.3) is 0 Å². The average molecular weight is 214 g/mol. The second kappa shape index (κ2) is 4.81. The first-order valence-electron chi connectivity index (χ1n) is 5.25. The molecule has 0 saturated carbocycles. The van der Waals surface area contributed by atoms with Crippen molar-refractivity contribution in [3.8, 4) is 5.75 Å². The van der Waals surface area contributed by atoms with Crippen LogP contribution >= 0.6 is 0 Å². The molecule has 2 N–H and O–H groups in total. The molecule has 0 atom stereocenters. The van der Waals surface area contributed by atoms with Gasteiger partial charge >= 0.3 is 0 Å². The molecule has 0 aliphatic heterocycles. The van der Waals surface area contributed by atoms with Gasteiger partial charge in [0.05, 0.1) is 6.61 Å². The van der Waals surface area contributed by atoms with E-state index in [1.54, 1.807) is 6.07 Å². The first-order valence-corrected chi connectivity index (χ1v) is 5.25. The predicted octanol–water partition coefficient (Wildman–Crippen LogP) is 2.48. The highest BCUT2D eigenvalue weighted by molar-refractivity contribution is 5.37. The normalized spacial score (nSPS) is 10.3. The number of benzene rings is 2. The maximum atomic E-state index is 9.44. The van der Waals surface area contributed by atoms with Crippen molar-refractivity contribution in [1.29, 1.82) is 0 Å². The lowest BCUT2D eigenvalue weighted by atomic mass is 10.0. The lowest BCUT2D eigenvalue weighted by Gasteiger charge is -2.05. The smallest absolute Gasteiger partial charge is 0.121 e. The molecule has 0 heterocycles. The van der Waals surface area contributed by atoms with E-state index in [1.807, 2.05) is 30.3 Å². The standard InChI is InChI=1S/C14H14O2/c15-10-13-9-12(6-7-14(13)16)8-11-4-2-1-3-5-11/h1-7,9,15-16H,8,10H2. The summed E-state index contributed by atoms with van der Waals surface area (Å²) in [6.45, 7) is -0.130. The van der Waals surface area contributed by atoms with Gasteiger partial charge in [-0.3, -0.25) is 0 Å². The molecule has 2 nitrogen and oxygen atoms in total. The monoisotopic (exact) mass is 214 g/mol. The van der Waals surface area contributed by atoms with Gasteiger partial charge in [0.1, 0.15) is 5.75 Å². The minimum absolute atomic E-state index is 0.130. The third-order valence-electron chi connectivity index (χ3n) is 2.57. The zero-order valence-electron chi connectivity index (χ0n) is 8.93. The Morgan fingerprint density at radius 3 is 2.31 bits per heavy atom. The molecule has 2 aromatic carbocycles. The zero-order chi connectivity index (χ0) is 11.4. The van der Waals surface area contributed by atoms with Gasteiger partial charge in [-0.2, -0.15) is 0 Å². The van der Waals surface area contributed by atoms with Crippen LogP contribution in [0.5, 0.6) is 5.75 Å². The molecule has 0 saturated heterocycles. The summed E-state index contributed by atoms with van der Waals surface area (Å²) < 4.78 is 0. The average Bonchev–Trinajstić information content (AvgIpc) is 2.33. The first-order chi connectivity index (χ1) is 7.79. The van der Waals surface area contributed by atoms with Gasteiger partial charge in [0.2, 0.25) is 0 Å². The van der Waals surface area contributed by atoms with E-state index in [4.69, 9.17) is 5.11 Å². The van der Waals surface area contributed by atoms with Crippen LogP contribution < -0.4 is 0 Å². The van der Waals surface area contributed by atoms with Crippen LogP contribution in [0.1, 0.15) is 16.7 Å². The van der Waals surface area contributed by atoms with Gasteiger partial charge in [-0.25, -0.2) is 0 Å². The Labute approximate surface area is 94.8 Å². The maximum absolute atomic E-state index is 9.44. The van der Waals surface area contributed by atoms with Crippen LogP contribution in [0.2, 0.25) is 0 Å². The Morgan fingerprint density at radius 1 is 0.875 bits per heavy atom. The fraction of sp³-hybridized carbons (Fsp3) is 0.143. The summed E-state index contributed by atoms with van der Waals surface area (Å²) in [6, 6.07) is 15.5. The highest BCUT2D eigenvalue weighted by Gasteiger charge is 2.02. The minimum atomic E-state index is -0.130. The van der Waals surface area contributed by atoms with Crippen LogP contribution in [0, 0.1) is 0 Å². The SMILES string of the molecule is OCc1cc(Cc2ccccc2)ccc1O. The quantitative estimate of drug-likeness (QED) is 0.824. The van der Waals surface area contributed by atoms with E-state index < -0.39 is 0 Å². The lowest BCUT2D eigenvalue weighted by Crippen LogP contribution is -1.91. The third kappa shape index (κ3) is 2.41.